The molecule has 1 amide bonds. The monoisotopic (exact) mass is 264 g/mol. The first-order valence-electron chi connectivity index (χ1n) is 5.57. The number of hydrogen-bond donors (Lipinski definition) is 0. The second-order valence-electron chi connectivity index (χ2n) is 4.78. The molecule has 0 fully saturated rings. The molecular formula is C12H12N2O3S. The van der Waals surface area contributed by atoms with Gasteiger partial charge in [-0.3, -0.25) is 4.79 Å². The van der Waals surface area contributed by atoms with Crippen LogP contribution in [0.25, 0.3) is 0 Å². The van der Waals surface area contributed by atoms with Crippen molar-refractivity contribution in [3.63, 3.8) is 0 Å². The molecule has 2 atom stereocenters. The summed E-state index contributed by atoms with van der Waals surface area (Å²) in [4.78, 5) is 11.8. The highest BCUT2D eigenvalue weighted by atomic mass is 32.2. The summed E-state index contributed by atoms with van der Waals surface area (Å²) in [5.41, 5.74) is -0.0383. The van der Waals surface area contributed by atoms with E-state index in [4.69, 9.17) is 0 Å². The highest BCUT2D eigenvalue weighted by Crippen LogP contribution is 2.48. The van der Waals surface area contributed by atoms with Gasteiger partial charge in [0.15, 0.2) is 5.37 Å². The van der Waals surface area contributed by atoms with Crippen molar-refractivity contribution >= 4 is 22.0 Å². The smallest absolute Gasteiger partial charge is 0.240 e. The second kappa shape index (κ2) is 3.20. The standard InChI is InChI=1S/C12H12N2O3S/c1-8(15)14-11-12(2,7-13-14)9-5-3-4-6-10(9)18(11,16)17/h3-7,11H,1-2H3. The normalized spacial score (nSPS) is 31.2. The summed E-state index contributed by atoms with van der Waals surface area (Å²) in [6.07, 6.45) is 1.56. The van der Waals surface area contributed by atoms with E-state index in [1.807, 2.05) is 0 Å². The Balaban J connectivity index is 2.31. The van der Waals surface area contributed by atoms with Gasteiger partial charge in [0.2, 0.25) is 15.7 Å². The van der Waals surface area contributed by atoms with Gasteiger partial charge in [-0.25, -0.2) is 13.4 Å². The van der Waals surface area contributed by atoms with Crippen molar-refractivity contribution in [1.82, 2.24) is 5.01 Å². The summed E-state index contributed by atoms with van der Waals surface area (Å²) in [5, 5.41) is 4.09. The number of benzene rings is 1. The van der Waals surface area contributed by atoms with Crippen LogP contribution < -0.4 is 0 Å². The lowest BCUT2D eigenvalue weighted by atomic mass is 9.84. The van der Waals surface area contributed by atoms with E-state index in [9.17, 15) is 13.2 Å². The molecule has 18 heavy (non-hydrogen) atoms. The second-order valence-corrected chi connectivity index (χ2v) is 6.76. The van der Waals surface area contributed by atoms with Crippen LogP contribution in [0.2, 0.25) is 0 Å². The van der Waals surface area contributed by atoms with Crippen LogP contribution in [0.1, 0.15) is 19.4 Å². The van der Waals surface area contributed by atoms with Crippen molar-refractivity contribution < 1.29 is 13.2 Å². The fraction of sp³-hybridized carbons (Fsp3) is 0.333. The Bertz CT molecular complexity index is 680. The van der Waals surface area contributed by atoms with Crippen molar-refractivity contribution in [2.24, 2.45) is 5.10 Å². The molecule has 0 bridgehead atoms. The molecule has 6 heteroatoms. The lowest BCUT2D eigenvalue weighted by Gasteiger charge is -2.25. The van der Waals surface area contributed by atoms with Gasteiger partial charge in [-0.1, -0.05) is 18.2 Å². The zero-order valence-electron chi connectivity index (χ0n) is 9.99. The molecule has 2 heterocycles. The average molecular weight is 264 g/mol. The molecule has 94 valence electrons. The number of carbonyl (C=O) groups excluding carboxylic acids is 1. The van der Waals surface area contributed by atoms with Gasteiger partial charge in [-0.05, 0) is 18.6 Å². The number of rotatable bonds is 0. The van der Waals surface area contributed by atoms with E-state index in [2.05, 4.69) is 5.10 Å². The fourth-order valence-corrected chi connectivity index (χ4v) is 5.14. The minimum Gasteiger partial charge on any atom is -0.273 e. The minimum atomic E-state index is -3.56. The van der Waals surface area contributed by atoms with Gasteiger partial charge in [0.25, 0.3) is 0 Å². The van der Waals surface area contributed by atoms with Gasteiger partial charge < -0.3 is 0 Å². The van der Waals surface area contributed by atoms with E-state index in [0.29, 0.717) is 10.5 Å². The van der Waals surface area contributed by atoms with Gasteiger partial charge in [-0.2, -0.15) is 5.10 Å². The first kappa shape index (κ1) is 11.4. The molecule has 1 aromatic rings. The molecule has 0 radical (unpaired) electrons. The Morgan fingerprint density at radius 2 is 2.06 bits per heavy atom. The van der Waals surface area contributed by atoms with Crippen LogP contribution in [0.3, 0.4) is 0 Å². The van der Waals surface area contributed by atoms with Crippen molar-refractivity contribution in [2.45, 2.75) is 29.5 Å². The number of hydrogen-bond acceptors (Lipinski definition) is 4. The van der Waals surface area contributed by atoms with Gasteiger partial charge in [0.1, 0.15) is 0 Å². The summed E-state index contributed by atoms with van der Waals surface area (Å²) >= 11 is 0. The molecule has 0 spiro atoms. The van der Waals surface area contributed by atoms with Crippen molar-refractivity contribution in [3.8, 4) is 0 Å². The van der Waals surface area contributed by atoms with E-state index in [0.717, 1.165) is 5.01 Å². The zero-order valence-corrected chi connectivity index (χ0v) is 10.8. The number of sulfone groups is 1. The molecule has 2 unspecified atom stereocenters. The Morgan fingerprint density at radius 3 is 2.72 bits per heavy atom. The highest BCUT2D eigenvalue weighted by Gasteiger charge is 2.59. The Morgan fingerprint density at radius 1 is 1.39 bits per heavy atom. The van der Waals surface area contributed by atoms with Gasteiger partial charge in [0.05, 0.1) is 10.3 Å². The molecule has 5 nitrogen and oxygen atoms in total. The van der Waals surface area contributed by atoms with Gasteiger partial charge in [0, 0.05) is 13.1 Å². The predicted molar refractivity (Wildman–Crippen MR) is 65.8 cm³/mol. The Hall–Kier alpha value is -1.69. The van der Waals surface area contributed by atoms with E-state index < -0.39 is 20.6 Å². The third kappa shape index (κ3) is 1.13. The van der Waals surface area contributed by atoms with Crippen LogP contribution in [-0.2, 0) is 20.0 Å². The van der Waals surface area contributed by atoms with Crippen molar-refractivity contribution in [2.75, 3.05) is 0 Å². The lowest BCUT2D eigenvalue weighted by Crippen LogP contribution is -2.44. The van der Waals surface area contributed by atoms with Crippen LogP contribution in [0.5, 0.6) is 0 Å². The summed E-state index contributed by atoms with van der Waals surface area (Å²) < 4.78 is 25.0. The van der Waals surface area contributed by atoms with Crippen molar-refractivity contribution in [3.05, 3.63) is 29.8 Å². The van der Waals surface area contributed by atoms with Crippen LogP contribution in [0.4, 0.5) is 0 Å². The maximum absolute atomic E-state index is 12.5. The largest absolute Gasteiger partial charge is 0.273 e. The van der Waals surface area contributed by atoms with Crippen molar-refractivity contribution in [1.29, 1.82) is 0 Å². The lowest BCUT2D eigenvalue weighted by molar-refractivity contribution is -0.129. The molecule has 3 rings (SSSR count). The molecule has 0 N–H and O–H groups in total. The summed E-state index contributed by atoms with van der Waals surface area (Å²) in [7, 11) is -3.56. The first-order valence-corrected chi connectivity index (χ1v) is 7.12. The fourth-order valence-electron chi connectivity index (χ4n) is 2.74. The number of amides is 1. The predicted octanol–water partition coefficient (Wildman–Crippen LogP) is 0.906. The van der Waals surface area contributed by atoms with E-state index in [1.165, 1.54) is 6.92 Å². The molecule has 0 saturated carbocycles. The van der Waals surface area contributed by atoms with Crippen LogP contribution in [-0.4, -0.2) is 30.9 Å². The molecule has 1 aromatic carbocycles. The molecule has 0 aromatic heterocycles. The molecule has 2 aliphatic rings. The third-order valence-electron chi connectivity index (χ3n) is 3.58. The molecule has 0 aliphatic carbocycles. The van der Waals surface area contributed by atoms with Gasteiger partial charge >= 0.3 is 0 Å². The Kier molecular flexibility index (Phi) is 2.03. The maximum atomic E-state index is 12.5. The van der Waals surface area contributed by atoms with Crippen LogP contribution >= 0.6 is 0 Å². The first-order chi connectivity index (χ1) is 8.39. The molecule has 2 aliphatic heterocycles. The van der Waals surface area contributed by atoms with E-state index >= 15 is 0 Å². The summed E-state index contributed by atoms with van der Waals surface area (Å²) in [6.45, 7) is 3.12. The quantitative estimate of drug-likeness (QED) is 0.699. The third-order valence-corrected chi connectivity index (χ3v) is 5.82. The van der Waals surface area contributed by atoms with Gasteiger partial charge in [-0.15, -0.1) is 0 Å². The topological polar surface area (TPSA) is 66.8 Å². The van der Waals surface area contributed by atoms with Crippen LogP contribution in [0.15, 0.2) is 34.3 Å². The number of nitrogens with zero attached hydrogens (tertiary/aromatic N) is 2. The minimum absolute atomic E-state index is 0.301. The SMILES string of the molecule is CC(=O)N1N=CC2(C)c3ccccc3S(=O)(=O)C12. The van der Waals surface area contributed by atoms with E-state index in [-0.39, 0.29) is 5.91 Å². The summed E-state index contributed by atoms with van der Waals surface area (Å²) in [6, 6.07) is 6.85. The zero-order chi connectivity index (χ0) is 13.1. The molecule has 0 saturated heterocycles. The number of carbonyl (C=O) groups is 1. The van der Waals surface area contributed by atoms with E-state index in [1.54, 1.807) is 37.4 Å². The maximum Gasteiger partial charge on any atom is 0.240 e. The average Bonchev–Trinajstić information content (AvgIpc) is 2.75. The number of fused-ring (bicyclic) bond motifs is 3. The summed E-state index contributed by atoms with van der Waals surface area (Å²) in [5.74, 6) is -0.364. The molecular weight excluding hydrogens is 252 g/mol. The highest BCUT2D eigenvalue weighted by molar-refractivity contribution is 7.92. The number of hydrazone groups is 1. The van der Waals surface area contributed by atoms with Crippen LogP contribution in [0, 0.1) is 0 Å². The Labute approximate surface area is 105 Å².